The molecule has 4 rings (SSSR count). The minimum Gasteiger partial charge on any atom is -0.352 e. The van der Waals surface area contributed by atoms with E-state index in [4.69, 9.17) is 0 Å². The summed E-state index contributed by atoms with van der Waals surface area (Å²) < 4.78 is 13.2. The van der Waals surface area contributed by atoms with Crippen molar-refractivity contribution in [2.24, 2.45) is 5.92 Å². The first-order chi connectivity index (χ1) is 16.0. The fraction of sp³-hybridized carbons (Fsp3) is 0.192. The summed E-state index contributed by atoms with van der Waals surface area (Å²) >= 11 is 0. The Kier molecular flexibility index (Phi) is 6.78. The predicted molar refractivity (Wildman–Crippen MR) is 124 cm³/mol. The number of para-hydroxylation sites is 1. The Hall–Kier alpha value is -4.00. The van der Waals surface area contributed by atoms with Crippen molar-refractivity contribution in [1.29, 1.82) is 0 Å². The second kappa shape index (κ2) is 10.1. The molecule has 0 spiro atoms. The number of halogens is 1. The topological polar surface area (TPSA) is 78.5 Å². The van der Waals surface area contributed by atoms with Gasteiger partial charge in [-0.1, -0.05) is 42.5 Å². The standard InChI is InChI=1S/C26H24FN3O3/c27-20-10-12-21(13-11-20)30-17-19(16-24(30)31)25(32)29-23-9-5-4-8-22(23)26(33)28-15-14-18-6-2-1-3-7-18/h1-13,19H,14-17H2,(H,28,33)(H,29,32). The molecule has 168 valence electrons. The number of hydrogen-bond donors (Lipinski definition) is 2. The van der Waals surface area contributed by atoms with Gasteiger partial charge in [-0.2, -0.15) is 0 Å². The molecule has 33 heavy (non-hydrogen) atoms. The number of carbonyl (C=O) groups is 3. The normalized spacial score (nSPS) is 15.4. The molecule has 1 heterocycles. The van der Waals surface area contributed by atoms with Gasteiger partial charge in [-0.25, -0.2) is 4.39 Å². The maximum Gasteiger partial charge on any atom is 0.253 e. The van der Waals surface area contributed by atoms with Gasteiger partial charge >= 0.3 is 0 Å². The Morgan fingerprint density at radius 2 is 1.64 bits per heavy atom. The van der Waals surface area contributed by atoms with Gasteiger partial charge in [0.05, 0.1) is 17.2 Å². The van der Waals surface area contributed by atoms with Crippen LogP contribution >= 0.6 is 0 Å². The van der Waals surface area contributed by atoms with Crippen LogP contribution in [0.2, 0.25) is 0 Å². The summed E-state index contributed by atoms with van der Waals surface area (Å²) in [7, 11) is 0. The average molecular weight is 445 g/mol. The van der Waals surface area contributed by atoms with Crippen LogP contribution < -0.4 is 15.5 Å². The zero-order chi connectivity index (χ0) is 23.2. The van der Waals surface area contributed by atoms with E-state index in [9.17, 15) is 18.8 Å². The highest BCUT2D eigenvalue weighted by Crippen LogP contribution is 2.27. The summed E-state index contributed by atoms with van der Waals surface area (Å²) in [5, 5.41) is 5.69. The van der Waals surface area contributed by atoms with Gasteiger partial charge in [0.15, 0.2) is 0 Å². The predicted octanol–water partition coefficient (Wildman–Crippen LogP) is 3.79. The first kappa shape index (κ1) is 22.2. The minimum absolute atomic E-state index is 0.0502. The Balaban J connectivity index is 1.38. The average Bonchev–Trinajstić information content (AvgIpc) is 3.22. The van der Waals surface area contributed by atoms with Gasteiger partial charge in [0, 0.05) is 25.2 Å². The SMILES string of the molecule is O=C(NCCc1ccccc1)c1ccccc1NC(=O)C1CC(=O)N(c2ccc(F)cc2)C1. The quantitative estimate of drug-likeness (QED) is 0.581. The highest BCUT2D eigenvalue weighted by molar-refractivity contribution is 6.07. The minimum atomic E-state index is -0.572. The van der Waals surface area contributed by atoms with E-state index in [1.54, 1.807) is 24.3 Å². The molecule has 0 aromatic heterocycles. The molecule has 1 unspecified atom stereocenters. The Bertz CT molecular complexity index is 1150. The molecule has 0 saturated carbocycles. The summed E-state index contributed by atoms with van der Waals surface area (Å²) in [5.74, 6) is -1.78. The third kappa shape index (κ3) is 5.44. The second-order valence-electron chi connectivity index (χ2n) is 7.91. The Morgan fingerprint density at radius 3 is 2.39 bits per heavy atom. The van der Waals surface area contributed by atoms with Crippen LogP contribution in [0.5, 0.6) is 0 Å². The lowest BCUT2D eigenvalue weighted by Gasteiger charge is -2.17. The summed E-state index contributed by atoms with van der Waals surface area (Å²) in [4.78, 5) is 39.5. The molecule has 1 fully saturated rings. The molecule has 1 aliphatic rings. The zero-order valence-electron chi connectivity index (χ0n) is 18.0. The van der Waals surface area contributed by atoms with Crippen LogP contribution in [-0.4, -0.2) is 30.8 Å². The molecule has 3 amide bonds. The summed E-state index contributed by atoms with van der Waals surface area (Å²) in [5.41, 5.74) is 2.43. The lowest BCUT2D eigenvalue weighted by atomic mass is 10.1. The summed E-state index contributed by atoms with van der Waals surface area (Å²) in [6.45, 7) is 0.663. The van der Waals surface area contributed by atoms with E-state index in [2.05, 4.69) is 10.6 Å². The van der Waals surface area contributed by atoms with Gasteiger partial charge in [0.2, 0.25) is 11.8 Å². The van der Waals surface area contributed by atoms with Gasteiger partial charge in [-0.15, -0.1) is 0 Å². The third-order valence-corrected chi connectivity index (χ3v) is 5.61. The monoisotopic (exact) mass is 445 g/mol. The van der Waals surface area contributed by atoms with Crippen molar-refractivity contribution in [3.8, 4) is 0 Å². The highest BCUT2D eigenvalue weighted by atomic mass is 19.1. The molecule has 0 aliphatic carbocycles. The van der Waals surface area contributed by atoms with Gasteiger partial charge in [-0.3, -0.25) is 14.4 Å². The third-order valence-electron chi connectivity index (χ3n) is 5.61. The maximum atomic E-state index is 13.2. The van der Waals surface area contributed by atoms with Crippen LogP contribution in [0.1, 0.15) is 22.3 Å². The molecular formula is C26H24FN3O3. The van der Waals surface area contributed by atoms with Crippen molar-refractivity contribution < 1.29 is 18.8 Å². The number of rotatable bonds is 7. The smallest absolute Gasteiger partial charge is 0.253 e. The van der Waals surface area contributed by atoms with Crippen molar-refractivity contribution in [1.82, 2.24) is 5.32 Å². The number of benzene rings is 3. The largest absolute Gasteiger partial charge is 0.352 e. The molecule has 1 aliphatic heterocycles. The number of nitrogens with one attached hydrogen (secondary N) is 2. The van der Waals surface area contributed by atoms with E-state index < -0.39 is 11.7 Å². The molecule has 7 heteroatoms. The number of hydrogen-bond acceptors (Lipinski definition) is 3. The fourth-order valence-electron chi connectivity index (χ4n) is 3.84. The van der Waals surface area contributed by atoms with E-state index in [-0.39, 0.29) is 30.7 Å². The summed E-state index contributed by atoms with van der Waals surface area (Å²) in [6, 6.07) is 22.2. The molecule has 1 atom stereocenters. The van der Waals surface area contributed by atoms with E-state index in [1.807, 2.05) is 30.3 Å². The maximum absolute atomic E-state index is 13.2. The van der Waals surface area contributed by atoms with Crippen LogP contribution in [0.25, 0.3) is 0 Å². The molecule has 1 saturated heterocycles. The van der Waals surface area contributed by atoms with E-state index in [0.717, 1.165) is 5.56 Å². The van der Waals surface area contributed by atoms with E-state index in [0.29, 0.717) is 29.9 Å². The first-order valence-electron chi connectivity index (χ1n) is 10.8. The van der Waals surface area contributed by atoms with Crippen molar-refractivity contribution in [3.05, 3.63) is 95.8 Å². The van der Waals surface area contributed by atoms with E-state index >= 15 is 0 Å². The van der Waals surface area contributed by atoms with Crippen molar-refractivity contribution in [2.75, 3.05) is 23.3 Å². The van der Waals surface area contributed by atoms with Crippen LogP contribution in [-0.2, 0) is 16.0 Å². The zero-order valence-corrected chi connectivity index (χ0v) is 18.0. The van der Waals surface area contributed by atoms with Gasteiger partial charge in [0.1, 0.15) is 5.82 Å². The van der Waals surface area contributed by atoms with Crippen LogP contribution in [0.15, 0.2) is 78.9 Å². The molecule has 3 aromatic carbocycles. The molecular weight excluding hydrogens is 421 g/mol. The van der Waals surface area contributed by atoms with Gasteiger partial charge < -0.3 is 15.5 Å². The van der Waals surface area contributed by atoms with Crippen LogP contribution in [0.4, 0.5) is 15.8 Å². The number of anilines is 2. The lowest BCUT2D eigenvalue weighted by Crippen LogP contribution is -2.30. The summed E-state index contributed by atoms with van der Waals surface area (Å²) in [6.07, 6.45) is 0.749. The Morgan fingerprint density at radius 1 is 0.939 bits per heavy atom. The fourth-order valence-corrected chi connectivity index (χ4v) is 3.84. The number of amides is 3. The van der Waals surface area contributed by atoms with Gasteiger partial charge in [0.25, 0.3) is 5.91 Å². The Labute approximate surface area is 191 Å². The van der Waals surface area contributed by atoms with Crippen molar-refractivity contribution in [2.45, 2.75) is 12.8 Å². The molecule has 3 aromatic rings. The first-order valence-corrected chi connectivity index (χ1v) is 10.8. The molecule has 2 N–H and O–H groups in total. The van der Waals surface area contributed by atoms with Crippen LogP contribution in [0.3, 0.4) is 0 Å². The van der Waals surface area contributed by atoms with Gasteiger partial charge in [-0.05, 0) is 48.4 Å². The number of nitrogens with zero attached hydrogens (tertiary/aromatic N) is 1. The molecule has 6 nitrogen and oxygen atoms in total. The highest BCUT2D eigenvalue weighted by Gasteiger charge is 2.35. The lowest BCUT2D eigenvalue weighted by molar-refractivity contribution is -0.122. The van der Waals surface area contributed by atoms with E-state index in [1.165, 1.54) is 29.2 Å². The van der Waals surface area contributed by atoms with Crippen molar-refractivity contribution >= 4 is 29.1 Å². The number of carbonyl (C=O) groups excluding carboxylic acids is 3. The van der Waals surface area contributed by atoms with Crippen LogP contribution in [0, 0.1) is 11.7 Å². The molecule has 0 bridgehead atoms. The second-order valence-corrected chi connectivity index (χ2v) is 7.91. The molecule has 0 radical (unpaired) electrons. The van der Waals surface area contributed by atoms with Crippen molar-refractivity contribution in [3.63, 3.8) is 0 Å².